The molecule has 3 nitrogen and oxygen atoms in total. The van der Waals surface area contributed by atoms with E-state index in [9.17, 15) is 18.0 Å². The third-order valence-corrected chi connectivity index (χ3v) is 1.12. The van der Waals surface area contributed by atoms with Crippen molar-refractivity contribution in [1.82, 2.24) is 4.98 Å². The summed E-state index contributed by atoms with van der Waals surface area (Å²) in [4.78, 5) is 14.2. The molecule has 1 heterocycles. The summed E-state index contributed by atoms with van der Waals surface area (Å²) in [6.45, 7) is 0. The van der Waals surface area contributed by atoms with Gasteiger partial charge in [-0.3, -0.25) is 4.98 Å². The number of pyridine rings is 1. The first-order chi connectivity index (χ1) is 5.99. The Kier molecular flexibility index (Phi) is 2.50. The van der Waals surface area contributed by atoms with Crippen LogP contribution >= 0.6 is 0 Å². The summed E-state index contributed by atoms with van der Waals surface area (Å²) in [5, 5.41) is 0. The molecule has 0 saturated carbocycles. The van der Waals surface area contributed by atoms with Crippen molar-refractivity contribution in [3.05, 3.63) is 30.1 Å². The number of carbonyl (C=O) groups is 1. The Morgan fingerprint density at radius 1 is 1.31 bits per heavy atom. The summed E-state index contributed by atoms with van der Waals surface area (Å²) in [7, 11) is 0. The van der Waals surface area contributed by atoms with Crippen molar-refractivity contribution in [2.45, 2.75) is 6.36 Å². The number of ether oxygens (including phenoxy) is 1. The lowest BCUT2D eigenvalue weighted by Gasteiger charge is -2.06. The first-order valence-corrected chi connectivity index (χ1v) is 3.19. The van der Waals surface area contributed by atoms with Crippen molar-refractivity contribution in [2.75, 3.05) is 0 Å². The summed E-state index contributed by atoms with van der Waals surface area (Å²) in [5.74, 6) is -1.44. The maximum absolute atomic E-state index is 11.5. The fourth-order valence-electron chi connectivity index (χ4n) is 0.652. The largest absolute Gasteiger partial charge is 0.575 e. The van der Waals surface area contributed by atoms with E-state index < -0.39 is 12.3 Å². The minimum atomic E-state index is -4.94. The Morgan fingerprint density at radius 2 is 1.85 bits per heavy atom. The molecule has 0 saturated heterocycles. The van der Waals surface area contributed by atoms with Crippen LogP contribution in [-0.4, -0.2) is 17.3 Å². The molecule has 0 aliphatic rings. The predicted octanol–water partition coefficient (Wildman–Crippen LogP) is 1.76. The van der Waals surface area contributed by atoms with Crippen LogP contribution in [0, 0.1) is 0 Å². The second kappa shape index (κ2) is 3.42. The Morgan fingerprint density at radius 3 is 2.31 bits per heavy atom. The number of carbonyl (C=O) groups excluding carboxylic acids is 1. The quantitative estimate of drug-likeness (QED) is 0.635. The molecule has 1 aromatic rings. The topological polar surface area (TPSA) is 39.2 Å². The van der Waals surface area contributed by atoms with Crippen LogP contribution in [0.4, 0.5) is 13.2 Å². The molecule has 1 rings (SSSR count). The molecule has 13 heavy (non-hydrogen) atoms. The van der Waals surface area contributed by atoms with Crippen molar-refractivity contribution >= 4 is 5.97 Å². The summed E-state index contributed by atoms with van der Waals surface area (Å²) in [5.41, 5.74) is -0.188. The van der Waals surface area contributed by atoms with E-state index in [0.717, 1.165) is 12.1 Å². The van der Waals surface area contributed by atoms with Gasteiger partial charge >= 0.3 is 12.3 Å². The molecule has 0 aromatic carbocycles. The van der Waals surface area contributed by atoms with Crippen molar-refractivity contribution in [3.63, 3.8) is 0 Å². The summed E-state index contributed by atoms with van der Waals surface area (Å²) >= 11 is 0. The average Bonchev–Trinajstić information content (AvgIpc) is 2.03. The van der Waals surface area contributed by atoms with Gasteiger partial charge in [-0.1, -0.05) is 0 Å². The number of esters is 1. The molecule has 0 bridgehead atoms. The van der Waals surface area contributed by atoms with E-state index in [4.69, 9.17) is 0 Å². The third-order valence-electron chi connectivity index (χ3n) is 1.12. The van der Waals surface area contributed by atoms with E-state index in [1.807, 2.05) is 0 Å². The Balaban J connectivity index is 2.71. The highest BCUT2D eigenvalue weighted by molar-refractivity contribution is 5.89. The monoisotopic (exact) mass is 191 g/mol. The number of hydrogen-bond acceptors (Lipinski definition) is 3. The van der Waals surface area contributed by atoms with Crippen LogP contribution in [0.3, 0.4) is 0 Å². The van der Waals surface area contributed by atoms with Gasteiger partial charge in [0.1, 0.15) is 0 Å². The molecule has 0 N–H and O–H groups in total. The van der Waals surface area contributed by atoms with Gasteiger partial charge in [-0.2, -0.15) is 0 Å². The molecule has 70 valence electrons. The Bertz CT molecular complexity index is 296. The number of alkyl halides is 3. The first kappa shape index (κ1) is 9.50. The lowest BCUT2D eigenvalue weighted by molar-refractivity contribution is -0.291. The molecule has 0 aliphatic heterocycles. The van der Waals surface area contributed by atoms with Crippen LogP contribution in [0.1, 0.15) is 10.4 Å². The van der Waals surface area contributed by atoms with Gasteiger partial charge in [0.15, 0.2) is 0 Å². The van der Waals surface area contributed by atoms with Gasteiger partial charge in [0.2, 0.25) is 0 Å². The van der Waals surface area contributed by atoms with Gasteiger partial charge in [0.25, 0.3) is 0 Å². The van der Waals surface area contributed by atoms with Gasteiger partial charge in [-0.15, -0.1) is 13.2 Å². The van der Waals surface area contributed by atoms with E-state index in [-0.39, 0.29) is 5.56 Å². The van der Waals surface area contributed by atoms with Crippen LogP contribution in [-0.2, 0) is 4.74 Å². The van der Waals surface area contributed by atoms with Crippen LogP contribution in [0.5, 0.6) is 0 Å². The molecular weight excluding hydrogens is 187 g/mol. The highest BCUT2D eigenvalue weighted by Gasteiger charge is 2.34. The zero-order valence-electron chi connectivity index (χ0n) is 6.21. The minimum absolute atomic E-state index is 0.188. The third kappa shape index (κ3) is 3.10. The zero-order valence-corrected chi connectivity index (χ0v) is 6.21. The molecule has 1 aromatic heterocycles. The zero-order chi connectivity index (χ0) is 9.90. The molecule has 0 unspecified atom stereocenters. The highest BCUT2D eigenvalue weighted by Crippen LogP contribution is 2.18. The van der Waals surface area contributed by atoms with E-state index in [1.165, 1.54) is 12.4 Å². The van der Waals surface area contributed by atoms with Crippen LogP contribution < -0.4 is 0 Å². The molecular formula is C7H4F3NO2. The van der Waals surface area contributed by atoms with Gasteiger partial charge in [-0.25, -0.2) is 4.79 Å². The predicted molar refractivity (Wildman–Crippen MR) is 35.7 cm³/mol. The standard InChI is InChI=1S/C7H4F3NO2/c8-7(9,10)13-6(12)5-1-3-11-4-2-5/h1-4H. The maximum Gasteiger partial charge on any atom is 0.575 e. The van der Waals surface area contributed by atoms with E-state index >= 15 is 0 Å². The Hall–Kier alpha value is -1.59. The molecule has 0 amide bonds. The van der Waals surface area contributed by atoms with E-state index in [1.54, 1.807) is 0 Å². The van der Waals surface area contributed by atoms with Crippen LogP contribution in [0.25, 0.3) is 0 Å². The summed E-state index contributed by atoms with van der Waals surface area (Å²) < 4.78 is 37.8. The van der Waals surface area contributed by atoms with Crippen molar-refractivity contribution < 1.29 is 22.7 Å². The molecule has 6 heteroatoms. The Labute approximate surface area is 71.2 Å². The first-order valence-electron chi connectivity index (χ1n) is 3.19. The van der Waals surface area contributed by atoms with Crippen molar-refractivity contribution in [2.24, 2.45) is 0 Å². The molecule has 0 spiro atoms. The average molecular weight is 191 g/mol. The number of hydrogen-bond donors (Lipinski definition) is 0. The van der Waals surface area contributed by atoms with Crippen molar-refractivity contribution in [1.29, 1.82) is 0 Å². The fourth-order valence-corrected chi connectivity index (χ4v) is 0.652. The van der Waals surface area contributed by atoms with E-state index in [0.29, 0.717) is 0 Å². The fraction of sp³-hybridized carbons (Fsp3) is 0.143. The molecule has 0 atom stereocenters. The van der Waals surface area contributed by atoms with Gasteiger partial charge in [0.05, 0.1) is 5.56 Å². The SMILES string of the molecule is O=C(OC(F)(F)F)c1ccncc1. The highest BCUT2D eigenvalue weighted by atomic mass is 19.4. The lowest BCUT2D eigenvalue weighted by Crippen LogP contribution is -2.19. The summed E-state index contributed by atoms with van der Waals surface area (Å²) in [6, 6.07) is 2.27. The second-order valence-electron chi connectivity index (χ2n) is 2.07. The molecule has 0 radical (unpaired) electrons. The van der Waals surface area contributed by atoms with Crippen LogP contribution in [0.15, 0.2) is 24.5 Å². The van der Waals surface area contributed by atoms with Gasteiger partial charge < -0.3 is 4.74 Å². The van der Waals surface area contributed by atoms with Gasteiger partial charge in [-0.05, 0) is 12.1 Å². The van der Waals surface area contributed by atoms with E-state index in [2.05, 4.69) is 9.72 Å². The number of rotatable bonds is 1. The molecule has 0 aliphatic carbocycles. The van der Waals surface area contributed by atoms with Crippen LogP contribution in [0.2, 0.25) is 0 Å². The maximum atomic E-state index is 11.5. The van der Waals surface area contributed by atoms with Crippen molar-refractivity contribution in [3.8, 4) is 0 Å². The number of nitrogens with zero attached hydrogens (tertiary/aromatic N) is 1. The summed E-state index contributed by atoms with van der Waals surface area (Å²) in [6.07, 6.45) is -2.54. The number of halogens is 3. The minimum Gasteiger partial charge on any atom is -0.369 e. The second-order valence-corrected chi connectivity index (χ2v) is 2.07. The van der Waals surface area contributed by atoms with Gasteiger partial charge in [0, 0.05) is 12.4 Å². The normalized spacial score (nSPS) is 11.0. The molecule has 0 fully saturated rings. The smallest absolute Gasteiger partial charge is 0.369 e. The number of aromatic nitrogens is 1. The lowest BCUT2D eigenvalue weighted by atomic mass is 10.3.